The summed E-state index contributed by atoms with van der Waals surface area (Å²) < 4.78 is 2.01. The summed E-state index contributed by atoms with van der Waals surface area (Å²) in [6, 6.07) is 7.49. The van der Waals surface area contributed by atoms with Gasteiger partial charge in [0, 0.05) is 10.9 Å². The van der Waals surface area contributed by atoms with Gasteiger partial charge in [-0.15, -0.1) is 0 Å². The summed E-state index contributed by atoms with van der Waals surface area (Å²) >= 11 is 0. The van der Waals surface area contributed by atoms with Gasteiger partial charge in [-0.1, -0.05) is 26.7 Å². The van der Waals surface area contributed by atoms with E-state index in [1.165, 1.54) is 6.33 Å². The van der Waals surface area contributed by atoms with Crippen molar-refractivity contribution in [1.29, 1.82) is 0 Å². The molecular formula is C20H24N6O. The fraction of sp³-hybridized carbons (Fsp3) is 0.350. The zero-order valence-corrected chi connectivity index (χ0v) is 15.6. The Morgan fingerprint density at radius 1 is 1.15 bits per heavy atom. The van der Waals surface area contributed by atoms with E-state index in [4.69, 9.17) is 10.8 Å². The van der Waals surface area contributed by atoms with Crippen LogP contribution in [0.2, 0.25) is 0 Å². The molecule has 0 aliphatic rings. The Bertz CT molecular complexity index is 1090. The largest absolute Gasteiger partial charge is 0.508 e. The molecule has 0 radical (unpaired) electrons. The number of hydrogen-bond acceptors (Lipinski definition) is 5. The molecule has 0 aliphatic carbocycles. The molecular weight excluding hydrogens is 340 g/mol. The van der Waals surface area contributed by atoms with Crippen LogP contribution in [-0.2, 0) is 0 Å². The lowest BCUT2D eigenvalue weighted by Gasteiger charge is -2.16. The van der Waals surface area contributed by atoms with Gasteiger partial charge in [-0.2, -0.15) is 5.10 Å². The third-order valence-electron chi connectivity index (χ3n) is 4.97. The quantitative estimate of drug-likeness (QED) is 0.470. The standard InChI is InChI=1S/C20H24N6O/c1-3-5-13(6-4-2)26-20-17(19(21)22-11-23-20)18(25-26)16-10-12-9-14(27)7-8-15(12)24-16/h7-11,13,24,27H,3-6H2,1-2H3,(H2,21,22,23). The Morgan fingerprint density at radius 3 is 2.67 bits per heavy atom. The SMILES string of the molecule is CCCC(CCC)n1nc(-c2cc3cc(O)ccc3[nH]2)c2c(N)ncnc21. The number of fused-ring (bicyclic) bond motifs is 2. The van der Waals surface area contributed by atoms with Crippen LogP contribution in [0.15, 0.2) is 30.6 Å². The number of hydrogen-bond donors (Lipinski definition) is 3. The number of aromatic amines is 1. The number of rotatable bonds is 6. The van der Waals surface area contributed by atoms with Crippen LogP contribution in [0.1, 0.15) is 45.6 Å². The molecule has 4 aromatic rings. The molecule has 4 rings (SSSR count). The van der Waals surface area contributed by atoms with E-state index in [0.29, 0.717) is 5.82 Å². The van der Waals surface area contributed by atoms with Gasteiger partial charge in [-0.3, -0.25) is 0 Å². The molecule has 140 valence electrons. The molecule has 0 saturated carbocycles. The fourth-order valence-electron chi connectivity index (χ4n) is 3.74. The summed E-state index contributed by atoms with van der Waals surface area (Å²) in [5.41, 5.74) is 9.50. The van der Waals surface area contributed by atoms with E-state index in [9.17, 15) is 5.11 Å². The Balaban J connectivity index is 1.94. The fourth-order valence-corrected chi connectivity index (χ4v) is 3.74. The summed E-state index contributed by atoms with van der Waals surface area (Å²) in [6.45, 7) is 4.37. The van der Waals surface area contributed by atoms with Gasteiger partial charge in [0.15, 0.2) is 5.65 Å². The molecule has 3 aromatic heterocycles. The number of aromatic nitrogens is 5. The van der Waals surface area contributed by atoms with Crippen molar-refractivity contribution >= 4 is 27.8 Å². The van der Waals surface area contributed by atoms with Crippen molar-refractivity contribution in [3.05, 3.63) is 30.6 Å². The van der Waals surface area contributed by atoms with E-state index in [1.807, 2.05) is 16.8 Å². The number of phenolic OH excluding ortho intramolecular Hbond substituents is 1. The van der Waals surface area contributed by atoms with Gasteiger partial charge in [0.25, 0.3) is 0 Å². The van der Waals surface area contributed by atoms with Gasteiger partial charge in [0.1, 0.15) is 23.6 Å². The normalized spacial score (nSPS) is 11.8. The highest BCUT2D eigenvalue weighted by molar-refractivity contribution is 6.00. The molecule has 0 saturated heterocycles. The maximum absolute atomic E-state index is 9.75. The van der Waals surface area contributed by atoms with Crippen molar-refractivity contribution < 1.29 is 5.11 Å². The average molecular weight is 364 g/mol. The van der Waals surface area contributed by atoms with Crippen molar-refractivity contribution in [3.8, 4) is 17.1 Å². The van der Waals surface area contributed by atoms with Crippen molar-refractivity contribution in [2.24, 2.45) is 0 Å². The van der Waals surface area contributed by atoms with Crippen LogP contribution < -0.4 is 5.73 Å². The predicted molar refractivity (Wildman–Crippen MR) is 108 cm³/mol. The van der Waals surface area contributed by atoms with Gasteiger partial charge in [0.05, 0.1) is 17.1 Å². The topological polar surface area (TPSA) is 106 Å². The summed E-state index contributed by atoms with van der Waals surface area (Å²) in [7, 11) is 0. The highest BCUT2D eigenvalue weighted by Crippen LogP contribution is 2.35. The maximum atomic E-state index is 9.75. The average Bonchev–Trinajstić information content (AvgIpc) is 3.23. The van der Waals surface area contributed by atoms with Crippen LogP contribution >= 0.6 is 0 Å². The lowest BCUT2D eigenvalue weighted by Crippen LogP contribution is -2.11. The monoisotopic (exact) mass is 364 g/mol. The van der Waals surface area contributed by atoms with Crippen LogP contribution in [-0.4, -0.2) is 29.8 Å². The second-order valence-corrected chi connectivity index (χ2v) is 6.94. The lowest BCUT2D eigenvalue weighted by atomic mass is 10.1. The molecule has 0 atom stereocenters. The van der Waals surface area contributed by atoms with Gasteiger partial charge < -0.3 is 15.8 Å². The summed E-state index contributed by atoms with van der Waals surface area (Å²) in [4.78, 5) is 12.1. The van der Waals surface area contributed by atoms with E-state index in [1.54, 1.807) is 12.1 Å². The van der Waals surface area contributed by atoms with Crippen molar-refractivity contribution in [1.82, 2.24) is 24.7 Å². The number of benzene rings is 1. The van der Waals surface area contributed by atoms with Crippen LogP contribution in [0.5, 0.6) is 5.75 Å². The highest BCUT2D eigenvalue weighted by Gasteiger charge is 2.22. The van der Waals surface area contributed by atoms with E-state index in [0.717, 1.165) is 59.0 Å². The maximum Gasteiger partial charge on any atom is 0.164 e. The summed E-state index contributed by atoms with van der Waals surface area (Å²) in [5, 5.41) is 16.4. The second kappa shape index (κ2) is 6.90. The summed E-state index contributed by atoms with van der Waals surface area (Å²) in [5.74, 6) is 0.659. The highest BCUT2D eigenvalue weighted by atomic mass is 16.3. The van der Waals surface area contributed by atoms with E-state index in [-0.39, 0.29) is 11.8 Å². The molecule has 0 amide bonds. The third-order valence-corrected chi connectivity index (χ3v) is 4.97. The van der Waals surface area contributed by atoms with E-state index >= 15 is 0 Å². The van der Waals surface area contributed by atoms with Crippen LogP contribution in [0.4, 0.5) is 5.82 Å². The predicted octanol–water partition coefficient (Wildman–Crippen LogP) is 4.40. The summed E-state index contributed by atoms with van der Waals surface area (Å²) in [6.07, 6.45) is 5.72. The number of phenols is 1. The first-order valence-corrected chi connectivity index (χ1v) is 9.43. The Hall–Kier alpha value is -3.09. The number of nitrogens with one attached hydrogen (secondary N) is 1. The zero-order chi connectivity index (χ0) is 19.0. The number of nitrogens with zero attached hydrogens (tertiary/aromatic N) is 4. The van der Waals surface area contributed by atoms with Crippen molar-refractivity contribution in [2.45, 2.75) is 45.6 Å². The number of aromatic hydroxyl groups is 1. The number of anilines is 1. The second-order valence-electron chi connectivity index (χ2n) is 6.94. The minimum absolute atomic E-state index is 0.234. The number of nitrogens with two attached hydrogens (primary N) is 1. The molecule has 3 heterocycles. The Kier molecular flexibility index (Phi) is 4.43. The van der Waals surface area contributed by atoms with Crippen LogP contribution in [0.25, 0.3) is 33.3 Å². The molecule has 27 heavy (non-hydrogen) atoms. The van der Waals surface area contributed by atoms with E-state index in [2.05, 4.69) is 28.8 Å². The zero-order valence-electron chi connectivity index (χ0n) is 15.6. The van der Waals surface area contributed by atoms with Gasteiger partial charge in [-0.25, -0.2) is 14.6 Å². The van der Waals surface area contributed by atoms with Gasteiger partial charge in [0.2, 0.25) is 0 Å². The number of H-pyrrole nitrogens is 1. The van der Waals surface area contributed by atoms with Crippen molar-refractivity contribution in [2.75, 3.05) is 5.73 Å². The van der Waals surface area contributed by atoms with Gasteiger partial charge >= 0.3 is 0 Å². The number of nitrogen functional groups attached to an aromatic ring is 1. The molecule has 4 N–H and O–H groups in total. The minimum atomic E-state index is 0.234. The first kappa shape index (κ1) is 17.3. The first-order chi connectivity index (χ1) is 13.1. The van der Waals surface area contributed by atoms with Crippen LogP contribution in [0.3, 0.4) is 0 Å². The Labute approximate surface area is 157 Å². The molecule has 0 bridgehead atoms. The molecule has 7 nitrogen and oxygen atoms in total. The van der Waals surface area contributed by atoms with Crippen LogP contribution in [0, 0.1) is 0 Å². The van der Waals surface area contributed by atoms with E-state index < -0.39 is 0 Å². The minimum Gasteiger partial charge on any atom is -0.508 e. The lowest BCUT2D eigenvalue weighted by molar-refractivity contribution is 0.401. The van der Waals surface area contributed by atoms with Crippen molar-refractivity contribution in [3.63, 3.8) is 0 Å². The first-order valence-electron chi connectivity index (χ1n) is 9.43. The molecule has 7 heteroatoms. The third kappa shape index (κ3) is 2.99. The molecule has 0 fully saturated rings. The van der Waals surface area contributed by atoms with Gasteiger partial charge in [-0.05, 0) is 37.1 Å². The molecule has 1 aromatic carbocycles. The molecule has 0 unspecified atom stereocenters. The molecule has 0 spiro atoms. The Morgan fingerprint density at radius 2 is 1.93 bits per heavy atom. The molecule has 0 aliphatic heterocycles. The smallest absolute Gasteiger partial charge is 0.164 e.